The Morgan fingerprint density at radius 3 is 2.19 bits per heavy atom. The number of esters is 2. The first-order valence-corrected chi connectivity index (χ1v) is 19.0. The van der Waals surface area contributed by atoms with Crippen molar-refractivity contribution in [2.75, 3.05) is 20.8 Å². The molecule has 0 amide bonds. The maximum atomic E-state index is 14.2. The molecule has 14 nitrogen and oxygen atoms in total. The van der Waals surface area contributed by atoms with Crippen LogP contribution in [0, 0.1) is 17.8 Å². The molecule has 53 heavy (non-hydrogen) atoms. The molecular formula is C39H65NO13. The number of nitrogens with two attached hydrogens (primary N) is 1. The summed E-state index contributed by atoms with van der Waals surface area (Å²) in [4.78, 5) is 40.4. The van der Waals surface area contributed by atoms with Gasteiger partial charge in [-0.2, -0.15) is 0 Å². The number of aliphatic hydroxyl groups is 1. The smallest absolute Gasteiger partial charge is 0.311 e. The second-order valence-electron chi connectivity index (χ2n) is 16.5. The fraction of sp³-hybridized carbons (Fsp3) is 0.872. The normalized spacial score (nSPS) is 48.3. The summed E-state index contributed by atoms with van der Waals surface area (Å²) in [5.41, 5.74) is 2.59. The van der Waals surface area contributed by atoms with Gasteiger partial charge in [0.1, 0.15) is 22.9 Å². The van der Waals surface area contributed by atoms with Crippen LogP contribution in [0.25, 0.3) is 0 Å². The lowest BCUT2D eigenvalue weighted by molar-refractivity contribution is -0.314. The molecule has 3 fully saturated rings. The monoisotopic (exact) mass is 755 g/mol. The summed E-state index contributed by atoms with van der Waals surface area (Å²) >= 11 is 0. The Kier molecular flexibility index (Phi) is 13.7. The lowest BCUT2D eigenvalue weighted by atomic mass is 9.76. The van der Waals surface area contributed by atoms with E-state index in [1.165, 1.54) is 27.0 Å². The van der Waals surface area contributed by atoms with Gasteiger partial charge in [-0.3, -0.25) is 14.4 Å². The van der Waals surface area contributed by atoms with E-state index in [9.17, 15) is 19.5 Å². The minimum Gasteiger partial charge on any atom is -0.459 e. The van der Waals surface area contributed by atoms with E-state index in [1.807, 2.05) is 34.6 Å². The third kappa shape index (κ3) is 9.02. The van der Waals surface area contributed by atoms with Gasteiger partial charge in [-0.15, -0.1) is 0 Å². The van der Waals surface area contributed by atoms with Crippen molar-refractivity contribution in [1.82, 2.24) is 0 Å². The summed E-state index contributed by atoms with van der Waals surface area (Å²) in [6.07, 6.45) is -3.91. The van der Waals surface area contributed by atoms with Gasteiger partial charge in [-0.05, 0) is 79.4 Å². The van der Waals surface area contributed by atoms with Crippen molar-refractivity contribution in [2.24, 2.45) is 23.5 Å². The maximum Gasteiger partial charge on any atom is 0.311 e. The molecule has 0 unspecified atom stereocenters. The number of carbonyl (C=O) groups excluding carboxylic acids is 3. The molecule has 0 aromatic carbocycles. The maximum absolute atomic E-state index is 14.2. The standard InChI is InChI=1S/C39H65NO13/c1-14-28-36(9,44)16-20(2)30(42)21(3)17-37(10,45-12)33(53-35-32(50-26(8)41)27(40)15-22(4)48-35)23(5)31(24(6)34(43)51-28)52-29-18-38(11,46-13)39(19-47-39)25(7)49-29/h16,21-25,27-29,31-33,35,44H,14-15,17-19,40H2,1-13H3/b20-16+/t21-,22-,23+,24-,25+,27+,28-,29+,31+,32-,33-,35+,36+,37+,38-,39-/m1/s1. The third-order valence-electron chi connectivity index (χ3n) is 12.2. The number of carbonyl (C=O) groups is 3. The number of rotatable bonds is 8. The molecule has 4 aliphatic rings. The van der Waals surface area contributed by atoms with Crippen LogP contribution in [-0.4, -0.2) is 121 Å². The van der Waals surface area contributed by atoms with E-state index >= 15 is 0 Å². The molecule has 0 aliphatic carbocycles. The average molecular weight is 756 g/mol. The lowest BCUT2D eigenvalue weighted by Gasteiger charge is -2.49. The van der Waals surface area contributed by atoms with E-state index in [4.69, 9.17) is 48.4 Å². The second kappa shape index (κ2) is 16.6. The predicted molar refractivity (Wildman–Crippen MR) is 192 cm³/mol. The van der Waals surface area contributed by atoms with Crippen molar-refractivity contribution in [1.29, 1.82) is 0 Å². The quantitative estimate of drug-likeness (QED) is 0.270. The van der Waals surface area contributed by atoms with E-state index in [1.54, 1.807) is 34.8 Å². The fourth-order valence-electron chi connectivity index (χ4n) is 8.80. The van der Waals surface area contributed by atoms with E-state index in [2.05, 4.69) is 0 Å². The molecule has 1 spiro atoms. The van der Waals surface area contributed by atoms with Crippen LogP contribution >= 0.6 is 0 Å². The van der Waals surface area contributed by atoms with Gasteiger partial charge in [0.25, 0.3) is 0 Å². The summed E-state index contributed by atoms with van der Waals surface area (Å²) in [7, 11) is 3.16. The van der Waals surface area contributed by atoms with Crippen LogP contribution in [-0.2, 0) is 57.0 Å². The number of ether oxygens (including phenoxy) is 9. The van der Waals surface area contributed by atoms with Crippen LogP contribution in [0.5, 0.6) is 0 Å². The highest BCUT2D eigenvalue weighted by Gasteiger charge is 2.67. The van der Waals surface area contributed by atoms with Gasteiger partial charge in [-0.1, -0.05) is 20.8 Å². The Balaban J connectivity index is 1.86. The van der Waals surface area contributed by atoms with E-state index < -0.39 is 101 Å². The molecule has 0 aromatic heterocycles. The van der Waals surface area contributed by atoms with Gasteiger partial charge < -0.3 is 53.5 Å². The molecule has 304 valence electrons. The topological polar surface area (TPSA) is 184 Å². The Bertz CT molecular complexity index is 1350. The molecule has 0 radical (unpaired) electrons. The molecule has 3 N–H and O–H groups in total. The molecule has 4 heterocycles. The number of Topliss-reactive ketones (excluding diaryl/α,β-unsaturated/α-hetero) is 1. The van der Waals surface area contributed by atoms with Crippen molar-refractivity contribution in [3.05, 3.63) is 11.6 Å². The van der Waals surface area contributed by atoms with Crippen LogP contribution in [0.2, 0.25) is 0 Å². The highest BCUT2D eigenvalue weighted by atomic mass is 16.7. The number of cyclic esters (lactones) is 1. The Labute approximate surface area is 315 Å². The zero-order chi connectivity index (χ0) is 39.8. The van der Waals surface area contributed by atoms with E-state index in [0.29, 0.717) is 25.0 Å². The summed E-state index contributed by atoms with van der Waals surface area (Å²) in [5, 5.41) is 11.6. The first-order valence-electron chi connectivity index (χ1n) is 19.0. The number of hydrogen-bond acceptors (Lipinski definition) is 14. The second-order valence-corrected chi connectivity index (χ2v) is 16.5. The molecule has 0 saturated carbocycles. The van der Waals surface area contributed by atoms with Gasteiger partial charge in [0.15, 0.2) is 24.5 Å². The molecule has 0 bridgehead atoms. The number of ketones is 1. The first-order chi connectivity index (χ1) is 24.6. The van der Waals surface area contributed by atoms with Crippen molar-refractivity contribution >= 4 is 17.7 Å². The highest BCUT2D eigenvalue weighted by molar-refractivity contribution is 5.96. The SMILES string of the molecule is CC[C@H]1OC(=O)[C@H](C)[C@@H](O[C@H]2C[C@@](C)(OC)[C@@]3(CO3)[C@H](C)O2)[C@H](C)[C@@H](O[C@@H]2O[C@H](C)C[C@H](N)[C@H]2OC(C)=O)[C@@](C)(OC)C[C@@H](C)C(=O)/C(C)=C/[C@]1(C)O. The molecule has 4 rings (SSSR count). The van der Waals surface area contributed by atoms with E-state index in [0.717, 1.165) is 0 Å². The van der Waals surface area contributed by atoms with Crippen molar-refractivity contribution in [2.45, 2.75) is 179 Å². The van der Waals surface area contributed by atoms with Gasteiger partial charge in [0, 0.05) is 45.4 Å². The summed E-state index contributed by atoms with van der Waals surface area (Å²) in [5.74, 6) is -3.63. The molecule has 16 atom stereocenters. The highest BCUT2D eigenvalue weighted by Crippen LogP contribution is 2.51. The first kappa shape index (κ1) is 43.7. The minimum absolute atomic E-state index is 0.165. The van der Waals surface area contributed by atoms with Gasteiger partial charge >= 0.3 is 11.9 Å². The number of allylic oxidation sites excluding steroid dienone is 1. The zero-order valence-electron chi connectivity index (χ0n) is 34.0. The number of hydrogen-bond donors (Lipinski definition) is 2. The zero-order valence-corrected chi connectivity index (χ0v) is 34.0. The Morgan fingerprint density at radius 2 is 1.64 bits per heavy atom. The average Bonchev–Trinajstić information content (AvgIpc) is 3.89. The van der Waals surface area contributed by atoms with Crippen LogP contribution in [0.3, 0.4) is 0 Å². The largest absolute Gasteiger partial charge is 0.459 e. The minimum atomic E-state index is -1.65. The van der Waals surface area contributed by atoms with Gasteiger partial charge in [0.2, 0.25) is 0 Å². The van der Waals surface area contributed by atoms with Crippen LogP contribution in [0.15, 0.2) is 11.6 Å². The van der Waals surface area contributed by atoms with Crippen molar-refractivity contribution < 1.29 is 62.1 Å². The predicted octanol–water partition coefficient (Wildman–Crippen LogP) is 3.77. The van der Waals surface area contributed by atoms with Crippen LogP contribution < -0.4 is 5.73 Å². The summed E-state index contributed by atoms with van der Waals surface area (Å²) < 4.78 is 56.4. The molecule has 4 aliphatic heterocycles. The molecule has 3 saturated heterocycles. The van der Waals surface area contributed by atoms with Gasteiger partial charge in [0.05, 0.1) is 42.5 Å². The summed E-state index contributed by atoms with van der Waals surface area (Å²) in [6.45, 7) is 19.7. The molecule has 0 aromatic rings. The Morgan fingerprint density at radius 1 is 1.00 bits per heavy atom. The molecular weight excluding hydrogens is 690 g/mol. The van der Waals surface area contributed by atoms with Crippen molar-refractivity contribution in [3.63, 3.8) is 0 Å². The Hall–Kier alpha value is -2.01. The number of epoxide rings is 1. The third-order valence-corrected chi connectivity index (χ3v) is 12.2. The van der Waals surface area contributed by atoms with Gasteiger partial charge in [-0.25, -0.2) is 0 Å². The van der Waals surface area contributed by atoms with Crippen LogP contribution in [0.4, 0.5) is 0 Å². The van der Waals surface area contributed by atoms with Crippen molar-refractivity contribution in [3.8, 4) is 0 Å². The summed E-state index contributed by atoms with van der Waals surface area (Å²) in [6, 6.07) is -0.593. The number of methoxy groups -OCH3 is 2. The lowest BCUT2D eigenvalue weighted by Crippen LogP contribution is -2.62. The molecule has 14 heteroatoms. The fourth-order valence-corrected chi connectivity index (χ4v) is 8.80. The van der Waals surface area contributed by atoms with Crippen LogP contribution in [0.1, 0.15) is 102 Å². The van der Waals surface area contributed by atoms with E-state index in [-0.39, 0.29) is 24.7 Å².